The van der Waals surface area contributed by atoms with Gasteiger partial charge in [0, 0.05) is 31.5 Å². The smallest absolute Gasteiger partial charge is 0.137 e. The number of benzene rings is 1. The first-order valence-electron chi connectivity index (χ1n) is 7.59. The molecule has 2 heterocycles. The molecule has 4 rings (SSSR count). The van der Waals surface area contributed by atoms with Crippen molar-refractivity contribution in [2.24, 2.45) is 0 Å². The molecule has 1 aliphatic rings. The SMILES string of the molecule is c1ccc(CN(Cc2cn3ccccc3n2)C2CC2)cc1. The fraction of sp³-hybridized carbons (Fsp3) is 0.278. The minimum Gasteiger partial charge on any atom is -0.307 e. The van der Waals surface area contributed by atoms with Crippen LogP contribution in [0.25, 0.3) is 5.65 Å². The van der Waals surface area contributed by atoms with Gasteiger partial charge in [-0.15, -0.1) is 0 Å². The Hall–Kier alpha value is -2.13. The van der Waals surface area contributed by atoms with Crippen molar-refractivity contribution in [2.75, 3.05) is 0 Å². The molecule has 0 radical (unpaired) electrons. The van der Waals surface area contributed by atoms with Crippen LogP contribution in [0.5, 0.6) is 0 Å². The van der Waals surface area contributed by atoms with Gasteiger partial charge in [0.1, 0.15) is 5.65 Å². The van der Waals surface area contributed by atoms with Gasteiger partial charge in [0.25, 0.3) is 0 Å². The number of imidazole rings is 1. The first-order chi connectivity index (χ1) is 10.4. The van der Waals surface area contributed by atoms with Crippen LogP contribution in [0, 0.1) is 0 Å². The van der Waals surface area contributed by atoms with Crippen LogP contribution < -0.4 is 0 Å². The average Bonchev–Trinajstić information content (AvgIpc) is 3.28. The van der Waals surface area contributed by atoms with E-state index < -0.39 is 0 Å². The number of rotatable bonds is 5. The monoisotopic (exact) mass is 277 g/mol. The van der Waals surface area contributed by atoms with Crippen LogP contribution in [0.4, 0.5) is 0 Å². The lowest BCUT2D eigenvalue weighted by Gasteiger charge is -2.20. The highest BCUT2D eigenvalue weighted by atomic mass is 15.2. The molecular weight excluding hydrogens is 258 g/mol. The van der Waals surface area contributed by atoms with Crippen molar-refractivity contribution < 1.29 is 0 Å². The number of hydrogen-bond acceptors (Lipinski definition) is 2. The molecule has 0 bridgehead atoms. The van der Waals surface area contributed by atoms with Crippen LogP contribution in [0.2, 0.25) is 0 Å². The molecule has 3 nitrogen and oxygen atoms in total. The summed E-state index contributed by atoms with van der Waals surface area (Å²) in [7, 11) is 0. The van der Waals surface area contributed by atoms with Crippen molar-refractivity contribution in [3.8, 4) is 0 Å². The lowest BCUT2D eigenvalue weighted by atomic mass is 10.2. The Balaban J connectivity index is 1.54. The molecular formula is C18H19N3. The summed E-state index contributed by atoms with van der Waals surface area (Å²) in [5, 5.41) is 0. The molecule has 2 aromatic heterocycles. The van der Waals surface area contributed by atoms with Crippen LogP contribution >= 0.6 is 0 Å². The first kappa shape index (κ1) is 12.6. The van der Waals surface area contributed by atoms with E-state index in [9.17, 15) is 0 Å². The van der Waals surface area contributed by atoms with E-state index in [1.165, 1.54) is 18.4 Å². The Kier molecular flexibility index (Phi) is 3.20. The fourth-order valence-electron chi connectivity index (χ4n) is 2.84. The molecule has 1 aromatic carbocycles. The Morgan fingerprint density at radius 3 is 2.57 bits per heavy atom. The molecule has 3 aromatic rings. The third-order valence-electron chi connectivity index (χ3n) is 4.07. The summed E-state index contributed by atoms with van der Waals surface area (Å²) in [4.78, 5) is 7.28. The third kappa shape index (κ3) is 2.83. The maximum absolute atomic E-state index is 4.73. The van der Waals surface area contributed by atoms with Crippen LogP contribution in [0.3, 0.4) is 0 Å². The van der Waals surface area contributed by atoms with Crippen LogP contribution in [-0.4, -0.2) is 20.3 Å². The summed E-state index contributed by atoms with van der Waals surface area (Å²) in [5.41, 5.74) is 3.57. The van der Waals surface area contributed by atoms with Gasteiger partial charge in [-0.1, -0.05) is 36.4 Å². The molecule has 0 spiro atoms. The summed E-state index contributed by atoms with van der Waals surface area (Å²) in [6.45, 7) is 1.95. The summed E-state index contributed by atoms with van der Waals surface area (Å²) in [6.07, 6.45) is 6.85. The van der Waals surface area contributed by atoms with E-state index in [-0.39, 0.29) is 0 Å². The molecule has 0 aliphatic heterocycles. The summed E-state index contributed by atoms with van der Waals surface area (Å²) in [5.74, 6) is 0. The van der Waals surface area contributed by atoms with Crippen molar-refractivity contribution in [1.82, 2.24) is 14.3 Å². The molecule has 1 aliphatic carbocycles. The van der Waals surface area contributed by atoms with Crippen molar-refractivity contribution in [3.05, 3.63) is 72.2 Å². The minimum absolute atomic E-state index is 0.731. The predicted molar refractivity (Wildman–Crippen MR) is 83.9 cm³/mol. The van der Waals surface area contributed by atoms with Crippen LogP contribution in [-0.2, 0) is 13.1 Å². The predicted octanol–water partition coefficient (Wildman–Crippen LogP) is 3.50. The standard InChI is InChI=1S/C18H19N3/c1-2-6-15(7-3-1)12-21(17-9-10-17)14-16-13-20-11-5-4-8-18(20)19-16/h1-8,11,13,17H,9-10,12,14H2. The molecule has 1 fully saturated rings. The second-order valence-electron chi connectivity index (χ2n) is 5.82. The molecule has 1 saturated carbocycles. The number of pyridine rings is 1. The van der Waals surface area contributed by atoms with E-state index in [1.54, 1.807) is 0 Å². The molecule has 0 N–H and O–H groups in total. The van der Waals surface area contributed by atoms with Crippen LogP contribution in [0.15, 0.2) is 60.9 Å². The summed E-state index contributed by atoms with van der Waals surface area (Å²) in [6, 6.07) is 17.6. The van der Waals surface area contributed by atoms with Gasteiger partial charge >= 0.3 is 0 Å². The molecule has 0 amide bonds. The van der Waals surface area contributed by atoms with Gasteiger partial charge in [-0.25, -0.2) is 4.98 Å². The van der Waals surface area contributed by atoms with Crippen molar-refractivity contribution >= 4 is 5.65 Å². The normalized spacial score (nSPS) is 14.9. The highest BCUT2D eigenvalue weighted by Crippen LogP contribution is 2.29. The van der Waals surface area contributed by atoms with E-state index in [0.29, 0.717) is 0 Å². The second kappa shape index (κ2) is 5.34. The maximum Gasteiger partial charge on any atom is 0.137 e. The van der Waals surface area contributed by atoms with Crippen molar-refractivity contribution in [2.45, 2.75) is 32.0 Å². The fourth-order valence-corrected chi connectivity index (χ4v) is 2.84. The molecule has 0 atom stereocenters. The van der Waals surface area contributed by atoms with E-state index >= 15 is 0 Å². The Morgan fingerprint density at radius 2 is 1.81 bits per heavy atom. The van der Waals surface area contributed by atoms with E-state index in [0.717, 1.165) is 30.5 Å². The third-order valence-corrected chi connectivity index (χ3v) is 4.07. The zero-order valence-corrected chi connectivity index (χ0v) is 12.0. The average molecular weight is 277 g/mol. The zero-order chi connectivity index (χ0) is 14.1. The van der Waals surface area contributed by atoms with Gasteiger partial charge in [-0.2, -0.15) is 0 Å². The molecule has 0 unspecified atom stereocenters. The summed E-state index contributed by atoms with van der Waals surface area (Å²) < 4.78 is 2.10. The molecule has 21 heavy (non-hydrogen) atoms. The van der Waals surface area contributed by atoms with Gasteiger partial charge in [-0.3, -0.25) is 4.90 Å². The summed E-state index contributed by atoms with van der Waals surface area (Å²) >= 11 is 0. The highest BCUT2D eigenvalue weighted by Gasteiger charge is 2.29. The number of hydrogen-bond donors (Lipinski definition) is 0. The zero-order valence-electron chi connectivity index (χ0n) is 12.0. The Labute approximate surface area is 124 Å². The number of aromatic nitrogens is 2. The van der Waals surface area contributed by atoms with E-state index in [4.69, 9.17) is 4.98 Å². The lowest BCUT2D eigenvalue weighted by Crippen LogP contribution is -2.25. The molecule has 106 valence electrons. The first-order valence-corrected chi connectivity index (χ1v) is 7.59. The van der Waals surface area contributed by atoms with Crippen molar-refractivity contribution in [3.63, 3.8) is 0 Å². The van der Waals surface area contributed by atoms with Gasteiger partial charge in [0.05, 0.1) is 5.69 Å². The van der Waals surface area contributed by atoms with Crippen LogP contribution in [0.1, 0.15) is 24.1 Å². The van der Waals surface area contributed by atoms with Gasteiger partial charge < -0.3 is 4.40 Å². The number of fused-ring (bicyclic) bond motifs is 1. The van der Waals surface area contributed by atoms with E-state index in [1.807, 2.05) is 12.1 Å². The van der Waals surface area contributed by atoms with Crippen molar-refractivity contribution in [1.29, 1.82) is 0 Å². The minimum atomic E-state index is 0.731. The number of nitrogens with zero attached hydrogens (tertiary/aromatic N) is 3. The Morgan fingerprint density at radius 1 is 1.00 bits per heavy atom. The molecule has 0 saturated heterocycles. The van der Waals surface area contributed by atoms with E-state index in [2.05, 4.69) is 58.1 Å². The lowest BCUT2D eigenvalue weighted by molar-refractivity contribution is 0.243. The largest absolute Gasteiger partial charge is 0.307 e. The molecule has 3 heteroatoms. The quantitative estimate of drug-likeness (QED) is 0.711. The Bertz CT molecular complexity index is 695. The maximum atomic E-state index is 4.73. The van der Waals surface area contributed by atoms with Gasteiger partial charge in [0.15, 0.2) is 0 Å². The van der Waals surface area contributed by atoms with Gasteiger partial charge in [-0.05, 0) is 30.5 Å². The van der Waals surface area contributed by atoms with Gasteiger partial charge in [0.2, 0.25) is 0 Å². The topological polar surface area (TPSA) is 20.5 Å². The second-order valence-corrected chi connectivity index (χ2v) is 5.82. The highest BCUT2D eigenvalue weighted by molar-refractivity contribution is 5.39.